The Morgan fingerprint density at radius 2 is 1.53 bits per heavy atom. The Hall–Kier alpha value is -3.56. The van der Waals surface area contributed by atoms with Gasteiger partial charge in [0.15, 0.2) is 0 Å². The lowest BCUT2D eigenvalue weighted by Gasteiger charge is -2.11. The molecule has 0 aliphatic carbocycles. The second kappa shape index (κ2) is 10.2. The van der Waals surface area contributed by atoms with E-state index in [0.717, 1.165) is 0 Å². The molecule has 2 amide bonds. The molecule has 10 heteroatoms. The van der Waals surface area contributed by atoms with Crippen LogP contribution in [0.3, 0.4) is 0 Å². The maximum Gasteiger partial charge on any atom is 0.411 e. The van der Waals surface area contributed by atoms with Crippen LogP contribution >= 0.6 is 11.6 Å². The first-order valence-corrected chi connectivity index (χ1v) is 11.4. The van der Waals surface area contributed by atoms with E-state index >= 15 is 0 Å². The van der Waals surface area contributed by atoms with E-state index in [9.17, 15) is 18.0 Å². The Kier molecular flexibility index (Phi) is 7.34. The lowest BCUT2D eigenvalue weighted by molar-refractivity contribution is 0.102. The number of halogens is 1. The van der Waals surface area contributed by atoms with E-state index in [2.05, 4.69) is 15.4 Å². The second-order valence-electron chi connectivity index (χ2n) is 6.52. The molecule has 3 aromatic rings. The van der Waals surface area contributed by atoms with Gasteiger partial charge >= 0.3 is 6.09 Å². The molecule has 0 saturated heterocycles. The third-order valence-electron chi connectivity index (χ3n) is 4.17. The summed E-state index contributed by atoms with van der Waals surface area (Å²) in [6.07, 6.45) is -0.588. The second-order valence-corrected chi connectivity index (χ2v) is 8.64. The normalized spacial score (nSPS) is 10.8. The molecule has 0 spiro atoms. The first-order valence-electron chi connectivity index (χ1n) is 9.50. The van der Waals surface area contributed by atoms with Crippen molar-refractivity contribution in [1.29, 1.82) is 0 Å². The van der Waals surface area contributed by atoms with E-state index in [4.69, 9.17) is 16.3 Å². The van der Waals surface area contributed by atoms with Crippen molar-refractivity contribution in [1.82, 2.24) is 0 Å². The van der Waals surface area contributed by atoms with Crippen LogP contribution in [0, 0.1) is 0 Å². The van der Waals surface area contributed by atoms with Crippen molar-refractivity contribution in [3.05, 3.63) is 83.4 Å². The Morgan fingerprint density at radius 3 is 2.19 bits per heavy atom. The SMILES string of the molecule is CCOC(=O)Nc1ccc(C(=O)Nc2cccc(S(=O)(=O)Nc3ccc(Cl)cc3)c2)cc1. The number of anilines is 3. The number of carbonyl (C=O) groups is 2. The summed E-state index contributed by atoms with van der Waals surface area (Å²) in [6, 6.07) is 18.3. The third kappa shape index (κ3) is 6.22. The van der Waals surface area contributed by atoms with Crippen LogP contribution in [-0.2, 0) is 14.8 Å². The summed E-state index contributed by atoms with van der Waals surface area (Å²) in [5, 5.41) is 5.68. The summed E-state index contributed by atoms with van der Waals surface area (Å²) < 4.78 is 32.6. The number of ether oxygens (including phenoxy) is 1. The minimum Gasteiger partial charge on any atom is -0.450 e. The minimum atomic E-state index is -3.87. The molecule has 166 valence electrons. The molecule has 0 saturated carbocycles. The molecule has 8 nitrogen and oxygen atoms in total. The van der Waals surface area contributed by atoms with Crippen LogP contribution in [0.25, 0.3) is 0 Å². The zero-order chi connectivity index (χ0) is 23.1. The number of carbonyl (C=O) groups excluding carboxylic acids is 2. The molecular formula is C22H20ClN3O5S. The molecule has 0 unspecified atom stereocenters. The Labute approximate surface area is 190 Å². The smallest absolute Gasteiger partial charge is 0.411 e. The van der Waals surface area contributed by atoms with Gasteiger partial charge in [-0.25, -0.2) is 13.2 Å². The zero-order valence-electron chi connectivity index (χ0n) is 17.0. The van der Waals surface area contributed by atoms with Crippen LogP contribution in [0.4, 0.5) is 21.9 Å². The molecule has 0 bridgehead atoms. The van der Waals surface area contributed by atoms with Crippen molar-refractivity contribution in [3.8, 4) is 0 Å². The van der Waals surface area contributed by atoms with Gasteiger partial charge < -0.3 is 10.1 Å². The van der Waals surface area contributed by atoms with Gasteiger partial charge in [-0.3, -0.25) is 14.8 Å². The monoisotopic (exact) mass is 473 g/mol. The van der Waals surface area contributed by atoms with Gasteiger partial charge in [0.05, 0.1) is 11.5 Å². The van der Waals surface area contributed by atoms with E-state index in [1.165, 1.54) is 30.3 Å². The Morgan fingerprint density at radius 1 is 0.875 bits per heavy atom. The highest BCUT2D eigenvalue weighted by Crippen LogP contribution is 2.21. The third-order valence-corrected chi connectivity index (χ3v) is 5.80. The van der Waals surface area contributed by atoms with E-state index < -0.39 is 22.0 Å². The maximum atomic E-state index is 12.7. The summed E-state index contributed by atoms with van der Waals surface area (Å²) >= 11 is 5.82. The standard InChI is InChI=1S/C22H20ClN3O5S/c1-2-31-22(28)25-17-10-6-15(7-11-17)21(27)24-19-4-3-5-20(14-19)32(29,30)26-18-12-8-16(23)9-13-18/h3-14,26H,2H2,1H3,(H,24,27)(H,25,28). The number of hydrogen-bond donors (Lipinski definition) is 3. The molecule has 3 aromatic carbocycles. The number of rotatable bonds is 7. The van der Waals surface area contributed by atoms with Crippen molar-refractivity contribution < 1.29 is 22.7 Å². The number of amides is 2. The average molecular weight is 474 g/mol. The summed E-state index contributed by atoms with van der Waals surface area (Å²) in [6.45, 7) is 1.94. The summed E-state index contributed by atoms with van der Waals surface area (Å²) in [7, 11) is -3.87. The van der Waals surface area contributed by atoms with Crippen molar-refractivity contribution in [2.45, 2.75) is 11.8 Å². The fourth-order valence-corrected chi connectivity index (χ4v) is 3.90. The van der Waals surface area contributed by atoms with Gasteiger partial charge in [0.2, 0.25) is 0 Å². The van der Waals surface area contributed by atoms with Crippen LogP contribution < -0.4 is 15.4 Å². The highest BCUT2D eigenvalue weighted by Gasteiger charge is 2.16. The molecule has 0 fully saturated rings. The Balaban J connectivity index is 1.69. The summed E-state index contributed by atoms with van der Waals surface area (Å²) in [5.41, 5.74) is 1.47. The first-order chi connectivity index (χ1) is 15.3. The average Bonchev–Trinajstić information content (AvgIpc) is 2.76. The van der Waals surface area contributed by atoms with Gasteiger partial charge in [0, 0.05) is 27.6 Å². The summed E-state index contributed by atoms with van der Waals surface area (Å²) in [5.74, 6) is -0.437. The van der Waals surface area contributed by atoms with Crippen molar-refractivity contribution >= 4 is 50.7 Å². The highest BCUT2D eigenvalue weighted by molar-refractivity contribution is 7.92. The molecule has 0 aromatic heterocycles. The van der Waals surface area contributed by atoms with Crippen molar-refractivity contribution in [3.63, 3.8) is 0 Å². The van der Waals surface area contributed by atoms with Crippen LogP contribution in [0.15, 0.2) is 77.7 Å². The van der Waals surface area contributed by atoms with Gasteiger partial charge in [-0.1, -0.05) is 17.7 Å². The fraction of sp³-hybridized carbons (Fsp3) is 0.0909. The molecule has 3 rings (SSSR count). The highest BCUT2D eigenvalue weighted by atomic mass is 35.5. The fourth-order valence-electron chi connectivity index (χ4n) is 2.67. The topological polar surface area (TPSA) is 114 Å². The molecule has 0 atom stereocenters. The van der Waals surface area contributed by atoms with Crippen molar-refractivity contribution in [2.24, 2.45) is 0 Å². The number of sulfonamides is 1. The first kappa shape index (κ1) is 23.1. The molecule has 32 heavy (non-hydrogen) atoms. The van der Waals surface area contributed by atoms with Gasteiger partial charge in [0.25, 0.3) is 15.9 Å². The molecular weight excluding hydrogens is 454 g/mol. The predicted octanol–water partition coefficient (Wildman–Crippen LogP) is 4.96. The molecule has 0 heterocycles. The lowest BCUT2D eigenvalue weighted by Crippen LogP contribution is -2.15. The van der Waals surface area contributed by atoms with Crippen LogP contribution in [0.2, 0.25) is 5.02 Å². The number of nitrogens with one attached hydrogen (secondary N) is 3. The molecule has 0 aliphatic heterocycles. The van der Waals surface area contributed by atoms with E-state index in [1.54, 1.807) is 49.4 Å². The van der Waals surface area contributed by atoms with Crippen molar-refractivity contribution in [2.75, 3.05) is 22.0 Å². The number of benzene rings is 3. The van der Waals surface area contributed by atoms with Gasteiger partial charge in [-0.2, -0.15) is 0 Å². The lowest BCUT2D eigenvalue weighted by atomic mass is 10.2. The Bertz CT molecular complexity index is 1210. The van der Waals surface area contributed by atoms with E-state index in [-0.39, 0.29) is 11.5 Å². The maximum absolute atomic E-state index is 12.7. The molecule has 0 radical (unpaired) electrons. The zero-order valence-corrected chi connectivity index (χ0v) is 18.5. The minimum absolute atomic E-state index is 0.0146. The predicted molar refractivity (Wildman–Crippen MR) is 124 cm³/mol. The van der Waals surface area contributed by atoms with Gasteiger partial charge in [-0.05, 0) is 73.7 Å². The van der Waals surface area contributed by atoms with Gasteiger partial charge in [0.1, 0.15) is 0 Å². The van der Waals surface area contributed by atoms with Gasteiger partial charge in [-0.15, -0.1) is 0 Å². The van der Waals surface area contributed by atoms with Crippen LogP contribution in [0.1, 0.15) is 17.3 Å². The van der Waals surface area contributed by atoms with E-state index in [1.807, 2.05) is 0 Å². The van der Waals surface area contributed by atoms with Crippen LogP contribution in [-0.4, -0.2) is 27.0 Å². The largest absolute Gasteiger partial charge is 0.450 e. The van der Waals surface area contributed by atoms with E-state index in [0.29, 0.717) is 27.6 Å². The molecule has 3 N–H and O–H groups in total. The molecule has 0 aliphatic rings. The van der Waals surface area contributed by atoms with Crippen LogP contribution in [0.5, 0.6) is 0 Å². The quantitative estimate of drug-likeness (QED) is 0.448. The summed E-state index contributed by atoms with van der Waals surface area (Å²) in [4.78, 5) is 24.0. The number of hydrogen-bond acceptors (Lipinski definition) is 5.